The highest BCUT2D eigenvalue weighted by atomic mass is 19.3. The maximum atomic E-state index is 15.5. The maximum Gasteiger partial charge on any atom is 0.350 e. The Labute approximate surface area is 233 Å². The molecule has 41 heavy (non-hydrogen) atoms. The molecule has 0 N–H and O–H groups in total. The Kier molecular flexibility index (Phi) is 8.10. The molecule has 0 aliphatic heterocycles. The van der Waals surface area contributed by atoms with Crippen molar-refractivity contribution in [3.05, 3.63) is 89.1 Å². The van der Waals surface area contributed by atoms with E-state index in [1.807, 2.05) is 20.8 Å². The minimum absolute atomic E-state index is 0.0641. The summed E-state index contributed by atoms with van der Waals surface area (Å²) >= 11 is 0. The Morgan fingerprint density at radius 1 is 0.976 bits per heavy atom. The summed E-state index contributed by atoms with van der Waals surface area (Å²) < 4.78 is 78.7. The van der Waals surface area contributed by atoms with Gasteiger partial charge in [-0.15, -0.1) is 0 Å². The lowest BCUT2D eigenvalue weighted by Crippen LogP contribution is -2.52. The number of rotatable bonds is 10. The molecule has 2 aromatic heterocycles. The van der Waals surface area contributed by atoms with Crippen LogP contribution >= 0.6 is 0 Å². The van der Waals surface area contributed by atoms with E-state index in [1.54, 1.807) is 6.92 Å². The first-order chi connectivity index (χ1) is 19.2. The van der Waals surface area contributed by atoms with Gasteiger partial charge in [-0.3, -0.25) is 4.68 Å². The molecular weight excluding hydrogens is 547 g/mol. The SMILES string of the molecule is CC(F)C(F)(F)COc1ccc(-n2cnn([C@H](C)C(Cn3cncn3)(c3ccc(F)cc3F)C(C)(C)C)c2=O)cc1. The molecule has 0 aliphatic carbocycles. The zero-order valence-electron chi connectivity index (χ0n) is 23.2. The number of aromatic nitrogens is 6. The normalized spacial score (nSPS) is 15.4. The Bertz CT molecular complexity index is 1530. The highest BCUT2D eigenvalue weighted by molar-refractivity contribution is 5.37. The average molecular weight is 579 g/mol. The van der Waals surface area contributed by atoms with Crippen LogP contribution in [0.3, 0.4) is 0 Å². The summed E-state index contributed by atoms with van der Waals surface area (Å²) in [4.78, 5) is 17.7. The van der Waals surface area contributed by atoms with Crippen molar-refractivity contribution in [2.45, 2.75) is 64.7 Å². The summed E-state index contributed by atoms with van der Waals surface area (Å²) in [5.74, 6) is -5.10. The van der Waals surface area contributed by atoms with Crippen LogP contribution in [-0.2, 0) is 12.0 Å². The zero-order valence-corrected chi connectivity index (χ0v) is 23.2. The highest BCUT2D eigenvalue weighted by Gasteiger charge is 2.51. The fraction of sp³-hybridized carbons (Fsp3) is 0.429. The van der Waals surface area contributed by atoms with Gasteiger partial charge in [0.25, 0.3) is 0 Å². The van der Waals surface area contributed by atoms with Gasteiger partial charge in [-0.05, 0) is 55.2 Å². The van der Waals surface area contributed by atoms with E-state index >= 15 is 4.39 Å². The van der Waals surface area contributed by atoms with Crippen molar-refractivity contribution in [2.75, 3.05) is 6.61 Å². The van der Waals surface area contributed by atoms with Crippen LogP contribution in [0.4, 0.5) is 22.0 Å². The number of nitrogens with zero attached hydrogens (tertiary/aromatic N) is 6. The molecule has 0 spiro atoms. The molecule has 0 aliphatic rings. The van der Waals surface area contributed by atoms with Crippen LogP contribution in [0, 0.1) is 17.0 Å². The van der Waals surface area contributed by atoms with E-state index in [1.165, 1.54) is 69.3 Å². The summed E-state index contributed by atoms with van der Waals surface area (Å²) in [7, 11) is 0. The second kappa shape index (κ2) is 11.1. The first kappa shape index (κ1) is 29.9. The van der Waals surface area contributed by atoms with Crippen LogP contribution in [0.2, 0.25) is 0 Å². The lowest BCUT2D eigenvalue weighted by atomic mass is 9.58. The Morgan fingerprint density at radius 3 is 2.22 bits per heavy atom. The molecule has 2 heterocycles. The number of ether oxygens (including phenoxy) is 1. The van der Waals surface area contributed by atoms with Gasteiger partial charge in [0, 0.05) is 11.5 Å². The third kappa shape index (κ3) is 5.75. The van der Waals surface area contributed by atoms with E-state index in [-0.39, 0.29) is 17.9 Å². The lowest BCUT2D eigenvalue weighted by Gasteiger charge is -2.49. The van der Waals surface area contributed by atoms with Crippen LogP contribution in [0.15, 0.2) is 66.2 Å². The zero-order chi connectivity index (χ0) is 30.2. The van der Waals surface area contributed by atoms with E-state index in [0.29, 0.717) is 5.69 Å². The number of alkyl halides is 3. The summed E-state index contributed by atoms with van der Waals surface area (Å²) in [5, 5.41) is 8.54. The van der Waals surface area contributed by atoms with Gasteiger partial charge in [-0.2, -0.15) is 19.0 Å². The molecule has 4 rings (SSSR count). The second-order valence-electron chi connectivity index (χ2n) is 11.0. The van der Waals surface area contributed by atoms with Gasteiger partial charge in [0.1, 0.15) is 36.4 Å². The molecule has 8 nitrogen and oxygen atoms in total. The van der Waals surface area contributed by atoms with Crippen molar-refractivity contribution in [3.8, 4) is 11.4 Å². The van der Waals surface area contributed by atoms with Gasteiger partial charge in [-0.25, -0.2) is 32.2 Å². The predicted octanol–water partition coefficient (Wildman–Crippen LogP) is 5.52. The van der Waals surface area contributed by atoms with Crippen molar-refractivity contribution in [1.82, 2.24) is 29.1 Å². The van der Waals surface area contributed by atoms with E-state index in [9.17, 15) is 22.4 Å². The average Bonchev–Trinajstić information content (AvgIpc) is 3.55. The molecule has 0 saturated heterocycles. The van der Waals surface area contributed by atoms with Crippen LogP contribution in [0.5, 0.6) is 5.75 Å². The van der Waals surface area contributed by atoms with Crippen LogP contribution in [0.1, 0.15) is 46.2 Å². The van der Waals surface area contributed by atoms with Crippen molar-refractivity contribution in [3.63, 3.8) is 0 Å². The topological polar surface area (TPSA) is 79.8 Å². The third-order valence-electron chi connectivity index (χ3n) is 7.53. The monoisotopic (exact) mass is 578 g/mol. The van der Waals surface area contributed by atoms with Gasteiger partial charge in [0.15, 0.2) is 12.8 Å². The Hall–Kier alpha value is -4.03. The lowest BCUT2D eigenvalue weighted by molar-refractivity contribution is -0.0941. The third-order valence-corrected chi connectivity index (χ3v) is 7.53. The minimum atomic E-state index is -3.65. The van der Waals surface area contributed by atoms with Crippen LogP contribution in [0.25, 0.3) is 5.69 Å². The maximum absolute atomic E-state index is 15.5. The summed E-state index contributed by atoms with van der Waals surface area (Å²) in [6, 6.07) is 8.25. The Morgan fingerprint density at radius 2 is 1.66 bits per heavy atom. The van der Waals surface area contributed by atoms with Gasteiger partial charge in [0.2, 0.25) is 0 Å². The molecule has 2 aromatic carbocycles. The highest BCUT2D eigenvalue weighted by Crippen LogP contribution is 2.50. The van der Waals surface area contributed by atoms with Crippen molar-refractivity contribution >= 4 is 0 Å². The molecule has 220 valence electrons. The van der Waals surface area contributed by atoms with Gasteiger partial charge >= 0.3 is 11.6 Å². The standard InChI is InChI=1S/C28H31F5N6O2/c1-18(29)28(32,33)14-41-22-9-7-21(8-10-22)38-17-36-39(25(38)40)19(2)27(26(3,4)5,13-37-16-34-15-35-37)23-11-6-20(30)12-24(23)31/h6-12,15-19H,13-14H2,1-5H3/t18?,19-,27?/m1/s1. The largest absolute Gasteiger partial charge is 0.487 e. The molecule has 0 radical (unpaired) electrons. The van der Waals surface area contributed by atoms with Gasteiger partial charge < -0.3 is 4.74 Å². The molecular formula is C28H31F5N6O2. The molecule has 0 fully saturated rings. The molecule has 0 amide bonds. The number of benzene rings is 2. The van der Waals surface area contributed by atoms with Crippen molar-refractivity contribution in [2.24, 2.45) is 5.41 Å². The van der Waals surface area contributed by atoms with Gasteiger partial charge in [0.05, 0.1) is 18.3 Å². The predicted molar refractivity (Wildman–Crippen MR) is 141 cm³/mol. The summed E-state index contributed by atoms with van der Waals surface area (Å²) in [5.41, 5.74) is -1.93. The van der Waals surface area contributed by atoms with E-state index < -0.39 is 52.9 Å². The van der Waals surface area contributed by atoms with Crippen molar-refractivity contribution < 1.29 is 26.7 Å². The molecule has 13 heteroatoms. The second-order valence-corrected chi connectivity index (χ2v) is 11.0. The van der Waals surface area contributed by atoms with Crippen molar-refractivity contribution in [1.29, 1.82) is 0 Å². The smallest absolute Gasteiger partial charge is 0.350 e. The summed E-state index contributed by atoms with van der Waals surface area (Å²) in [6.45, 7) is 7.09. The molecule has 0 saturated carbocycles. The fourth-order valence-corrected chi connectivity index (χ4v) is 5.10. The molecule has 2 unspecified atom stereocenters. The minimum Gasteiger partial charge on any atom is -0.487 e. The number of hydrogen-bond acceptors (Lipinski definition) is 5. The van der Waals surface area contributed by atoms with E-state index in [0.717, 1.165) is 13.0 Å². The number of hydrogen-bond donors (Lipinski definition) is 0. The first-order valence-electron chi connectivity index (χ1n) is 12.9. The molecule has 0 bridgehead atoms. The first-order valence-corrected chi connectivity index (χ1v) is 12.9. The molecule has 3 atom stereocenters. The quantitative estimate of drug-likeness (QED) is 0.232. The van der Waals surface area contributed by atoms with E-state index in [2.05, 4.69) is 15.2 Å². The van der Waals surface area contributed by atoms with Gasteiger partial charge in [-0.1, -0.05) is 26.8 Å². The Balaban J connectivity index is 1.74. The number of halogens is 5. The summed E-state index contributed by atoms with van der Waals surface area (Å²) in [6.07, 6.45) is 1.73. The van der Waals surface area contributed by atoms with Crippen LogP contribution in [-0.4, -0.2) is 47.8 Å². The van der Waals surface area contributed by atoms with Crippen LogP contribution < -0.4 is 10.4 Å². The van der Waals surface area contributed by atoms with E-state index in [4.69, 9.17) is 4.74 Å². The fourth-order valence-electron chi connectivity index (χ4n) is 5.10. The molecule has 4 aromatic rings.